The summed E-state index contributed by atoms with van der Waals surface area (Å²) < 4.78 is 37.6. The predicted octanol–water partition coefficient (Wildman–Crippen LogP) is 2.45. The van der Waals surface area contributed by atoms with E-state index in [9.17, 15) is 13.2 Å². The lowest BCUT2D eigenvalue weighted by molar-refractivity contribution is -0.141. The van der Waals surface area contributed by atoms with E-state index >= 15 is 0 Å². The second kappa shape index (κ2) is 5.00. The fourth-order valence-electron chi connectivity index (χ4n) is 1.35. The number of hydrogen-bond donors (Lipinski definition) is 2. The van der Waals surface area contributed by atoms with Crippen LogP contribution < -0.4 is 11.1 Å². The number of nitrogens with one attached hydrogen (secondary N) is 1. The maximum absolute atomic E-state index is 12.5. The Balaban J connectivity index is 2.14. The molecule has 0 bridgehead atoms. The lowest BCUT2D eigenvalue weighted by Crippen LogP contribution is -2.13. The Hall–Kier alpha value is -1.90. The van der Waals surface area contributed by atoms with Crippen molar-refractivity contribution in [3.8, 4) is 0 Å². The molecule has 0 aliphatic heterocycles. The molecule has 9 heteroatoms. The van der Waals surface area contributed by atoms with Gasteiger partial charge in [-0.05, 0) is 6.92 Å². The molecule has 2 aromatic heterocycles. The summed E-state index contributed by atoms with van der Waals surface area (Å²) >= 11 is 1.41. The van der Waals surface area contributed by atoms with Gasteiger partial charge in [0.2, 0.25) is 5.95 Å². The lowest BCUT2D eigenvalue weighted by atomic mass is 10.4. The van der Waals surface area contributed by atoms with Crippen LogP contribution in [0, 0.1) is 6.92 Å². The molecule has 0 fully saturated rings. The molecule has 0 saturated carbocycles. The topological polar surface area (TPSA) is 76.7 Å². The molecular weight excluding hydrogens is 279 g/mol. The number of halogens is 3. The first-order valence-corrected chi connectivity index (χ1v) is 6.09. The molecule has 0 amide bonds. The molecule has 0 atom stereocenters. The van der Waals surface area contributed by atoms with E-state index in [0.717, 1.165) is 16.8 Å². The summed E-state index contributed by atoms with van der Waals surface area (Å²) in [5.74, 6) is -0.402. The molecule has 0 aromatic carbocycles. The number of anilines is 2. The van der Waals surface area contributed by atoms with Gasteiger partial charge in [-0.3, -0.25) is 0 Å². The predicted molar refractivity (Wildman–Crippen MR) is 65.6 cm³/mol. The van der Waals surface area contributed by atoms with Crippen molar-refractivity contribution < 1.29 is 13.2 Å². The number of nitrogens with zero attached hydrogens (tertiary/aromatic N) is 3. The molecule has 0 aliphatic rings. The molecule has 2 aromatic rings. The molecule has 5 nitrogen and oxygen atoms in total. The van der Waals surface area contributed by atoms with Crippen LogP contribution in [0.3, 0.4) is 0 Å². The number of alkyl halides is 3. The Labute approximate surface area is 110 Å². The van der Waals surface area contributed by atoms with Crippen molar-refractivity contribution in [3.63, 3.8) is 0 Å². The van der Waals surface area contributed by atoms with E-state index in [0.29, 0.717) is 0 Å². The molecule has 0 radical (unpaired) electrons. The van der Waals surface area contributed by atoms with Crippen molar-refractivity contribution in [1.29, 1.82) is 0 Å². The maximum atomic E-state index is 12.5. The van der Waals surface area contributed by atoms with Crippen LogP contribution >= 0.6 is 11.3 Å². The van der Waals surface area contributed by atoms with Crippen LogP contribution in [0.5, 0.6) is 0 Å². The summed E-state index contributed by atoms with van der Waals surface area (Å²) in [6, 6.07) is 0.816. The Morgan fingerprint density at radius 3 is 2.63 bits per heavy atom. The van der Waals surface area contributed by atoms with E-state index in [1.54, 1.807) is 0 Å². The van der Waals surface area contributed by atoms with Gasteiger partial charge in [0.05, 0.1) is 6.54 Å². The third kappa shape index (κ3) is 3.53. The average molecular weight is 289 g/mol. The zero-order valence-corrected chi connectivity index (χ0v) is 10.6. The van der Waals surface area contributed by atoms with Crippen LogP contribution in [-0.2, 0) is 12.7 Å². The van der Waals surface area contributed by atoms with Gasteiger partial charge in [-0.25, -0.2) is 9.97 Å². The summed E-state index contributed by atoms with van der Waals surface area (Å²) in [5, 5.41) is 5.35. The van der Waals surface area contributed by atoms with Gasteiger partial charge < -0.3 is 11.1 Å². The van der Waals surface area contributed by atoms with E-state index in [1.165, 1.54) is 11.3 Å². The second-order valence-electron chi connectivity index (χ2n) is 3.73. The van der Waals surface area contributed by atoms with Crippen LogP contribution in [0.1, 0.15) is 16.4 Å². The quantitative estimate of drug-likeness (QED) is 0.907. The summed E-state index contributed by atoms with van der Waals surface area (Å²) in [6.45, 7) is 2.12. The van der Waals surface area contributed by atoms with Crippen LogP contribution in [0.15, 0.2) is 11.4 Å². The third-order valence-electron chi connectivity index (χ3n) is 2.12. The van der Waals surface area contributed by atoms with Crippen LogP contribution in [0.4, 0.5) is 24.9 Å². The molecule has 3 N–H and O–H groups in total. The van der Waals surface area contributed by atoms with Gasteiger partial charge in [-0.1, -0.05) is 0 Å². The Morgan fingerprint density at radius 2 is 2.05 bits per heavy atom. The molecule has 0 unspecified atom stereocenters. The molecule has 0 aliphatic carbocycles. The normalized spacial score (nSPS) is 11.6. The molecule has 102 valence electrons. The van der Waals surface area contributed by atoms with Gasteiger partial charge >= 0.3 is 6.18 Å². The average Bonchev–Trinajstić information content (AvgIpc) is 2.71. The van der Waals surface area contributed by atoms with Crippen LogP contribution in [-0.4, -0.2) is 15.0 Å². The zero-order valence-electron chi connectivity index (χ0n) is 9.82. The van der Waals surface area contributed by atoms with Gasteiger partial charge in [-0.2, -0.15) is 18.2 Å². The summed E-state index contributed by atoms with van der Waals surface area (Å²) in [6.07, 6.45) is -4.55. The molecule has 0 saturated heterocycles. The number of hydrogen-bond acceptors (Lipinski definition) is 6. The first-order valence-electron chi connectivity index (χ1n) is 5.21. The number of nitrogen functional groups attached to an aromatic ring is 1. The SMILES string of the molecule is Cc1csc(CNc2cc(C(F)(F)F)nc(N)n2)n1. The summed E-state index contributed by atoms with van der Waals surface area (Å²) in [7, 11) is 0. The van der Waals surface area contributed by atoms with E-state index in [1.807, 2.05) is 12.3 Å². The highest BCUT2D eigenvalue weighted by Crippen LogP contribution is 2.29. The van der Waals surface area contributed by atoms with Crippen molar-refractivity contribution >= 4 is 23.1 Å². The number of thiazole rings is 1. The summed E-state index contributed by atoms with van der Waals surface area (Å²) in [4.78, 5) is 11.0. The first kappa shape index (κ1) is 13.5. The van der Waals surface area contributed by atoms with E-state index in [-0.39, 0.29) is 12.4 Å². The van der Waals surface area contributed by atoms with E-state index in [2.05, 4.69) is 20.3 Å². The highest BCUT2D eigenvalue weighted by Gasteiger charge is 2.33. The smallest absolute Gasteiger partial charge is 0.368 e. The monoisotopic (exact) mass is 289 g/mol. The first-order chi connectivity index (χ1) is 8.84. The highest BCUT2D eigenvalue weighted by atomic mass is 32.1. The van der Waals surface area contributed by atoms with Crippen molar-refractivity contribution in [2.75, 3.05) is 11.1 Å². The minimum Gasteiger partial charge on any atom is -0.368 e. The van der Waals surface area contributed by atoms with Crippen LogP contribution in [0.2, 0.25) is 0 Å². The minimum absolute atomic E-state index is 0.0210. The van der Waals surface area contributed by atoms with Crippen LogP contribution in [0.25, 0.3) is 0 Å². The lowest BCUT2D eigenvalue weighted by Gasteiger charge is -2.09. The Morgan fingerprint density at radius 1 is 1.32 bits per heavy atom. The standard InChI is InChI=1S/C10H10F3N5S/c1-5-4-19-8(16-5)3-15-7-2-6(10(11,12)13)17-9(14)18-7/h2,4H,3H2,1H3,(H3,14,15,17,18). The number of aryl methyl sites for hydroxylation is 1. The number of aromatic nitrogens is 3. The third-order valence-corrected chi connectivity index (χ3v) is 3.09. The maximum Gasteiger partial charge on any atom is 0.433 e. The number of nitrogens with two attached hydrogens (primary N) is 1. The molecule has 2 heterocycles. The van der Waals surface area contributed by atoms with Crippen molar-refractivity contribution in [2.45, 2.75) is 19.6 Å². The molecule has 2 rings (SSSR count). The van der Waals surface area contributed by atoms with Crippen molar-refractivity contribution in [1.82, 2.24) is 15.0 Å². The van der Waals surface area contributed by atoms with Gasteiger partial charge in [0.1, 0.15) is 10.8 Å². The minimum atomic E-state index is -4.55. The molecule has 19 heavy (non-hydrogen) atoms. The largest absolute Gasteiger partial charge is 0.433 e. The van der Waals surface area contributed by atoms with Crippen molar-refractivity contribution in [2.24, 2.45) is 0 Å². The van der Waals surface area contributed by atoms with Gasteiger partial charge in [-0.15, -0.1) is 11.3 Å². The van der Waals surface area contributed by atoms with Gasteiger partial charge in [0.15, 0.2) is 5.69 Å². The van der Waals surface area contributed by atoms with Crippen molar-refractivity contribution in [3.05, 3.63) is 27.8 Å². The molecular formula is C10H10F3N5S. The molecule has 0 spiro atoms. The van der Waals surface area contributed by atoms with Gasteiger partial charge in [0.25, 0.3) is 0 Å². The number of rotatable bonds is 3. The Bertz CT molecular complexity index is 581. The van der Waals surface area contributed by atoms with Gasteiger partial charge in [0, 0.05) is 17.1 Å². The zero-order chi connectivity index (χ0) is 14.0. The highest BCUT2D eigenvalue weighted by molar-refractivity contribution is 7.09. The fourth-order valence-corrected chi connectivity index (χ4v) is 2.06. The van der Waals surface area contributed by atoms with E-state index < -0.39 is 17.8 Å². The summed E-state index contributed by atoms with van der Waals surface area (Å²) in [5.41, 5.74) is 5.04. The van der Waals surface area contributed by atoms with E-state index in [4.69, 9.17) is 5.73 Å². The Kier molecular flexibility index (Phi) is 3.56. The fraction of sp³-hybridized carbons (Fsp3) is 0.300. The second-order valence-corrected chi connectivity index (χ2v) is 4.67.